The minimum absolute atomic E-state index is 0.0152. The molecule has 1 rings (SSSR count). The highest BCUT2D eigenvalue weighted by Crippen LogP contribution is 2.19. The SMILES string of the molecule is CC(=O)/C(C(C)=NC(C)(C)C)=C(/O)c1ccccc1. The number of allylic oxidation sites excluding steroid dienone is 1. The summed E-state index contributed by atoms with van der Waals surface area (Å²) in [6.45, 7) is 9.05. The van der Waals surface area contributed by atoms with Crippen LogP contribution in [-0.2, 0) is 4.79 Å². The molecule has 102 valence electrons. The molecule has 0 spiro atoms. The summed E-state index contributed by atoms with van der Waals surface area (Å²) in [5, 5.41) is 10.3. The summed E-state index contributed by atoms with van der Waals surface area (Å²) in [7, 11) is 0. The van der Waals surface area contributed by atoms with Crippen LogP contribution >= 0.6 is 0 Å². The Morgan fingerprint density at radius 2 is 1.63 bits per heavy atom. The van der Waals surface area contributed by atoms with E-state index in [1.54, 1.807) is 19.1 Å². The van der Waals surface area contributed by atoms with Gasteiger partial charge in [-0.3, -0.25) is 9.79 Å². The molecule has 0 aliphatic rings. The molecule has 19 heavy (non-hydrogen) atoms. The van der Waals surface area contributed by atoms with Crippen molar-refractivity contribution in [3.63, 3.8) is 0 Å². The molecule has 0 aliphatic heterocycles. The molecule has 1 aromatic carbocycles. The maximum absolute atomic E-state index is 11.8. The fraction of sp³-hybridized carbons (Fsp3) is 0.375. The van der Waals surface area contributed by atoms with Gasteiger partial charge in [-0.05, 0) is 34.6 Å². The molecular formula is C16H21NO2. The Hall–Kier alpha value is -1.90. The molecule has 0 unspecified atom stereocenters. The van der Waals surface area contributed by atoms with E-state index in [-0.39, 0.29) is 22.7 Å². The van der Waals surface area contributed by atoms with E-state index < -0.39 is 0 Å². The van der Waals surface area contributed by atoms with Crippen LogP contribution in [0.5, 0.6) is 0 Å². The Morgan fingerprint density at radius 1 is 1.11 bits per heavy atom. The number of hydrogen-bond donors (Lipinski definition) is 1. The number of ketones is 1. The number of nitrogens with zero attached hydrogens (tertiary/aromatic N) is 1. The van der Waals surface area contributed by atoms with E-state index in [4.69, 9.17) is 0 Å². The monoisotopic (exact) mass is 259 g/mol. The zero-order chi connectivity index (χ0) is 14.6. The number of aliphatic hydroxyl groups excluding tert-OH is 1. The molecule has 0 aromatic heterocycles. The first-order valence-electron chi connectivity index (χ1n) is 6.29. The molecule has 0 radical (unpaired) electrons. The first kappa shape index (κ1) is 15.2. The molecule has 1 aromatic rings. The Balaban J connectivity index is 3.37. The van der Waals surface area contributed by atoms with Crippen molar-refractivity contribution in [1.29, 1.82) is 0 Å². The predicted molar refractivity (Wildman–Crippen MR) is 79.5 cm³/mol. The van der Waals surface area contributed by atoms with Gasteiger partial charge in [0.25, 0.3) is 0 Å². The van der Waals surface area contributed by atoms with E-state index in [9.17, 15) is 9.90 Å². The van der Waals surface area contributed by atoms with Crippen LogP contribution in [0.4, 0.5) is 0 Å². The fourth-order valence-corrected chi connectivity index (χ4v) is 1.89. The Labute approximate surface area is 114 Å². The fourth-order valence-electron chi connectivity index (χ4n) is 1.89. The Bertz CT molecular complexity index is 519. The topological polar surface area (TPSA) is 49.7 Å². The molecular weight excluding hydrogens is 238 g/mol. The summed E-state index contributed by atoms with van der Waals surface area (Å²) in [5.41, 5.74) is 1.17. The van der Waals surface area contributed by atoms with E-state index in [0.29, 0.717) is 11.3 Å². The van der Waals surface area contributed by atoms with E-state index >= 15 is 0 Å². The van der Waals surface area contributed by atoms with Crippen molar-refractivity contribution in [3.8, 4) is 0 Å². The number of benzene rings is 1. The standard InChI is InChI=1S/C16H21NO2/c1-11(17-16(3,4)5)14(12(2)18)15(19)13-9-7-6-8-10-13/h6-10,19H,1-5H3/b15-14+,17-11?. The third-order valence-electron chi connectivity index (χ3n) is 2.50. The van der Waals surface area contributed by atoms with Gasteiger partial charge in [0.15, 0.2) is 5.78 Å². The van der Waals surface area contributed by atoms with Crippen LogP contribution in [0.3, 0.4) is 0 Å². The summed E-state index contributed by atoms with van der Waals surface area (Å²) in [5.74, 6) is -0.203. The van der Waals surface area contributed by atoms with Gasteiger partial charge in [-0.2, -0.15) is 0 Å². The van der Waals surface area contributed by atoms with Gasteiger partial charge < -0.3 is 5.11 Å². The number of Topliss-reactive ketones (excluding diaryl/α,β-unsaturated/α-hetero) is 1. The highest BCUT2D eigenvalue weighted by atomic mass is 16.3. The summed E-state index contributed by atoms with van der Waals surface area (Å²) in [4.78, 5) is 16.2. The minimum Gasteiger partial charge on any atom is -0.506 e. The Kier molecular flexibility index (Phi) is 4.65. The summed E-state index contributed by atoms with van der Waals surface area (Å²) in [6.07, 6.45) is 0. The molecule has 1 N–H and O–H groups in total. The first-order valence-corrected chi connectivity index (χ1v) is 6.29. The second kappa shape index (κ2) is 5.83. The number of hydrogen-bond acceptors (Lipinski definition) is 3. The van der Waals surface area contributed by atoms with Gasteiger partial charge in [0.05, 0.1) is 11.1 Å². The number of carbonyl (C=O) groups is 1. The third-order valence-corrected chi connectivity index (χ3v) is 2.50. The third kappa shape index (κ3) is 4.36. The van der Waals surface area contributed by atoms with Crippen molar-refractivity contribution in [2.45, 2.75) is 40.2 Å². The zero-order valence-corrected chi connectivity index (χ0v) is 12.2. The van der Waals surface area contributed by atoms with Crippen molar-refractivity contribution in [2.75, 3.05) is 0 Å². The van der Waals surface area contributed by atoms with Gasteiger partial charge in [0.2, 0.25) is 0 Å². The maximum atomic E-state index is 11.8. The zero-order valence-electron chi connectivity index (χ0n) is 12.2. The van der Waals surface area contributed by atoms with Gasteiger partial charge in [-0.15, -0.1) is 0 Å². The van der Waals surface area contributed by atoms with Crippen molar-refractivity contribution < 1.29 is 9.90 Å². The maximum Gasteiger partial charge on any atom is 0.165 e. The molecule has 0 bridgehead atoms. The van der Waals surface area contributed by atoms with Gasteiger partial charge in [0, 0.05) is 11.3 Å². The van der Waals surface area contributed by atoms with Gasteiger partial charge in [-0.1, -0.05) is 30.3 Å². The molecule has 3 nitrogen and oxygen atoms in total. The largest absolute Gasteiger partial charge is 0.506 e. The van der Waals surface area contributed by atoms with Crippen molar-refractivity contribution in [2.24, 2.45) is 4.99 Å². The average Bonchev–Trinajstić information content (AvgIpc) is 2.27. The lowest BCUT2D eigenvalue weighted by atomic mass is 10.0. The second-order valence-electron chi connectivity index (χ2n) is 5.51. The van der Waals surface area contributed by atoms with Crippen LogP contribution < -0.4 is 0 Å². The van der Waals surface area contributed by atoms with Crippen LogP contribution in [0, 0.1) is 0 Å². The van der Waals surface area contributed by atoms with Gasteiger partial charge in [-0.25, -0.2) is 0 Å². The minimum atomic E-state index is -0.290. The molecule has 0 aliphatic carbocycles. The lowest BCUT2D eigenvalue weighted by molar-refractivity contribution is -0.113. The van der Waals surface area contributed by atoms with Gasteiger partial charge >= 0.3 is 0 Å². The van der Waals surface area contributed by atoms with Crippen LogP contribution in [0.25, 0.3) is 5.76 Å². The summed E-state index contributed by atoms with van der Waals surface area (Å²) < 4.78 is 0. The van der Waals surface area contributed by atoms with Crippen LogP contribution in [0.2, 0.25) is 0 Å². The molecule has 0 saturated heterocycles. The molecule has 0 heterocycles. The number of aliphatic hydroxyl groups is 1. The Morgan fingerprint density at radius 3 is 2.05 bits per heavy atom. The lowest BCUT2D eigenvalue weighted by Gasteiger charge is -2.16. The molecule has 0 saturated carbocycles. The average molecular weight is 259 g/mol. The molecule has 3 heteroatoms. The highest BCUT2D eigenvalue weighted by Gasteiger charge is 2.18. The number of aliphatic imine (C=N–C) groups is 1. The highest BCUT2D eigenvalue weighted by molar-refractivity contribution is 6.25. The normalized spacial score (nSPS) is 14.1. The smallest absolute Gasteiger partial charge is 0.165 e. The quantitative estimate of drug-likeness (QED) is 0.510. The van der Waals surface area contributed by atoms with Crippen molar-refractivity contribution >= 4 is 17.3 Å². The van der Waals surface area contributed by atoms with Crippen molar-refractivity contribution in [3.05, 3.63) is 41.5 Å². The van der Waals surface area contributed by atoms with Crippen LogP contribution in [-0.4, -0.2) is 22.1 Å². The van der Waals surface area contributed by atoms with Crippen LogP contribution in [0.15, 0.2) is 40.9 Å². The van der Waals surface area contributed by atoms with E-state index in [1.165, 1.54) is 6.92 Å². The van der Waals surface area contributed by atoms with E-state index in [2.05, 4.69) is 4.99 Å². The van der Waals surface area contributed by atoms with E-state index in [1.807, 2.05) is 39.0 Å². The summed E-state index contributed by atoms with van der Waals surface area (Å²) in [6, 6.07) is 9.03. The predicted octanol–water partition coefficient (Wildman–Crippen LogP) is 3.80. The van der Waals surface area contributed by atoms with Gasteiger partial charge in [0.1, 0.15) is 5.76 Å². The second-order valence-corrected chi connectivity index (χ2v) is 5.51. The summed E-state index contributed by atoms with van der Waals surface area (Å²) >= 11 is 0. The molecule has 0 amide bonds. The first-order chi connectivity index (χ1) is 8.72. The number of rotatable bonds is 3. The molecule has 0 fully saturated rings. The number of carbonyl (C=O) groups excluding carboxylic acids is 1. The molecule has 0 atom stereocenters. The lowest BCUT2D eigenvalue weighted by Crippen LogP contribution is -2.17. The van der Waals surface area contributed by atoms with Crippen LogP contribution in [0.1, 0.15) is 40.2 Å². The van der Waals surface area contributed by atoms with Crippen molar-refractivity contribution in [1.82, 2.24) is 0 Å². The van der Waals surface area contributed by atoms with E-state index in [0.717, 1.165) is 0 Å².